The monoisotopic (exact) mass is 251 g/mol. The summed E-state index contributed by atoms with van der Waals surface area (Å²) in [5.74, 6) is -4.48. The van der Waals surface area contributed by atoms with E-state index in [-0.39, 0.29) is 19.1 Å². The fourth-order valence-corrected chi connectivity index (χ4v) is 1.69. The summed E-state index contributed by atoms with van der Waals surface area (Å²) in [7, 11) is 0. The van der Waals surface area contributed by atoms with Gasteiger partial charge in [-0.25, -0.2) is 4.79 Å². The molecule has 0 aromatic rings. The predicted molar refractivity (Wildman–Crippen MR) is 57.8 cm³/mol. The second-order valence-electron chi connectivity index (χ2n) is 4.57. The van der Waals surface area contributed by atoms with Gasteiger partial charge in [-0.2, -0.15) is 8.78 Å². The highest BCUT2D eigenvalue weighted by molar-refractivity contribution is 5.79. The molecule has 1 aliphatic heterocycles. The summed E-state index contributed by atoms with van der Waals surface area (Å²) in [6.45, 7) is 3.03. The molecular formula is C11H19F2NO3. The summed E-state index contributed by atoms with van der Waals surface area (Å²) in [6, 6.07) is 0. The number of cyclic esters (lactones) is 1. The summed E-state index contributed by atoms with van der Waals surface area (Å²) >= 11 is 0. The molecule has 0 aromatic carbocycles. The van der Waals surface area contributed by atoms with Gasteiger partial charge in [-0.3, -0.25) is 0 Å². The van der Waals surface area contributed by atoms with E-state index in [0.29, 0.717) is 6.54 Å². The Morgan fingerprint density at radius 2 is 2.35 bits per heavy atom. The maximum Gasteiger partial charge on any atom is 0.377 e. The van der Waals surface area contributed by atoms with Gasteiger partial charge in [0.15, 0.2) is 0 Å². The number of halogens is 2. The molecule has 0 saturated carbocycles. The topological polar surface area (TPSA) is 58.6 Å². The number of hydrogen-bond donors (Lipinski definition) is 2. The Bertz CT molecular complexity index is 261. The van der Waals surface area contributed by atoms with Gasteiger partial charge < -0.3 is 15.2 Å². The fourth-order valence-electron chi connectivity index (χ4n) is 1.69. The van der Waals surface area contributed by atoms with Crippen LogP contribution in [0.3, 0.4) is 0 Å². The van der Waals surface area contributed by atoms with Crippen LogP contribution in [0, 0.1) is 5.92 Å². The Morgan fingerprint density at radius 3 is 2.88 bits per heavy atom. The largest absolute Gasteiger partial charge is 0.456 e. The van der Waals surface area contributed by atoms with Crippen molar-refractivity contribution in [2.45, 2.75) is 38.2 Å². The van der Waals surface area contributed by atoms with Crippen LogP contribution in [0.2, 0.25) is 0 Å². The molecule has 1 saturated heterocycles. The van der Waals surface area contributed by atoms with Crippen molar-refractivity contribution >= 4 is 5.97 Å². The molecule has 2 atom stereocenters. The van der Waals surface area contributed by atoms with Crippen molar-refractivity contribution in [1.82, 2.24) is 5.32 Å². The smallest absolute Gasteiger partial charge is 0.377 e. The lowest BCUT2D eigenvalue weighted by Gasteiger charge is -2.11. The Balaban J connectivity index is 2.07. The van der Waals surface area contributed by atoms with Crippen LogP contribution in [0.15, 0.2) is 0 Å². The molecule has 2 N–H and O–H groups in total. The van der Waals surface area contributed by atoms with E-state index in [4.69, 9.17) is 5.11 Å². The molecule has 1 fully saturated rings. The highest BCUT2D eigenvalue weighted by atomic mass is 19.3. The second kappa shape index (κ2) is 6.26. The first-order valence-electron chi connectivity index (χ1n) is 5.86. The number of alkyl halides is 2. The quantitative estimate of drug-likeness (QED) is 0.522. The van der Waals surface area contributed by atoms with E-state index in [2.05, 4.69) is 10.1 Å². The number of hydrogen-bond acceptors (Lipinski definition) is 4. The lowest BCUT2D eigenvalue weighted by Crippen LogP contribution is -2.28. The van der Waals surface area contributed by atoms with Gasteiger partial charge in [0.1, 0.15) is 6.10 Å². The summed E-state index contributed by atoms with van der Waals surface area (Å²) in [5, 5.41) is 11.8. The second-order valence-corrected chi connectivity index (χ2v) is 4.57. The van der Waals surface area contributed by atoms with Gasteiger partial charge in [0.05, 0.1) is 6.42 Å². The lowest BCUT2D eigenvalue weighted by molar-refractivity contribution is -0.159. The Morgan fingerprint density at radius 1 is 1.65 bits per heavy atom. The average molecular weight is 251 g/mol. The van der Waals surface area contributed by atoms with Gasteiger partial charge in [-0.15, -0.1) is 0 Å². The number of esters is 1. The Labute approximate surface area is 99.3 Å². The van der Waals surface area contributed by atoms with Gasteiger partial charge in [0, 0.05) is 13.2 Å². The molecule has 1 rings (SSSR count). The number of carbonyl (C=O) groups excluding carboxylic acids is 1. The van der Waals surface area contributed by atoms with Crippen molar-refractivity contribution in [3.63, 3.8) is 0 Å². The van der Waals surface area contributed by atoms with Gasteiger partial charge in [-0.05, 0) is 25.3 Å². The number of aliphatic hydroxyl groups excluding tert-OH is 1. The van der Waals surface area contributed by atoms with Crippen LogP contribution in [0.4, 0.5) is 8.78 Å². The molecule has 17 heavy (non-hydrogen) atoms. The van der Waals surface area contributed by atoms with Crippen LogP contribution in [-0.4, -0.2) is 42.8 Å². The minimum Gasteiger partial charge on any atom is -0.456 e. The third kappa shape index (κ3) is 4.55. The molecule has 0 amide bonds. The van der Waals surface area contributed by atoms with Gasteiger partial charge >= 0.3 is 11.9 Å². The van der Waals surface area contributed by atoms with Crippen LogP contribution in [0.5, 0.6) is 0 Å². The molecule has 1 aliphatic rings. The fraction of sp³-hybridized carbons (Fsp3) is 0.909. The zero-order chi connectivity index (χ0) is 12.9. The lowest BCUT2D eigenvalue weighted by atomic mass is 10.1. The molecule has 2 unspecified atom stereocenters. The normalized spacial score (nSPS) is 24.7. The van der Waals surface area contributed by atoms with Crippen LogP contribution < -0.4 is 5.32 Å². The Kier molecular flexibility index (Phi) is 5.27. The third-order valence-electron chi connectivity index (χ3n) is 2.79. The number of ether oxygens (including phenoxy) is 1. The van der Waals surface area contributed by atoms with Crippen molar-refractivity contribution in [2.24, 2.45) is 5.92 Å². The first kappa shape index (κ1) is 14.3. The van der Waals surface area contributed by atoms with E-state index in [1.54, 1.807) is 0 Å². The summed E-state index contributed by atoms with van der Waals surface area (Å²) in [6.07, 6.45) is 0.474. The van der Waals surface area contributed by atoms with E-state index >= 15 is 0 Å². The summed E-state index contributed by atoms with van der Waals surface area (Å²) in [4.78, 5) is 10.7. The molecule has 0 spiro atoms. The molecule has 0 aromatic heterocycles. The van der Waals surface area contributed by atoms with E-state index < -0.39 is 24.4 Å². The standard InChI is InChI=1S/C11H19F2NO3/c1-8(7-15)3-2-4-14-6-9-5-11(12,13)10(16)17-9/h8-9,14-15H,2-7H2,1H3. The highest BCUT2D eigenvalue weighted by Gasteiger charge is 2.50. The molecule has 0 radical (unpaired) electrons. The summed E-state index contributed by atoms with van der Waals surface area (Å²) < 4.78 is 30.1. The predicted octanol–water partition coefficient (Wildman–Crippen LogP) is 0.935. The van der Waals surface area contributed by atoms with Crippen molar-refractivity contribution < 1.29 is 23.4 Å². The number of aliphatic hydroxyl groups is 1. The Hall–Kier alpha value is -0.750. The maximum atomic E-state index is 12.8. The van der Waals surface area contributed by atoms with E-state index in [9.17, 15) is 13.6 Å². The van der Waals surface area contributed by atoms with Crippen molar-refractivity contribution in [2.75, 3.05) is 19.7 Å². The number of rotatable bonds is 7. The van der Waals surface area contributed by atoms with Crippen LogP contribution in [0.1, 0.15) is 26.2 Å². The van der Waals surface area contributed by atoms with E-state index in [1.807, 2.05) is 6.92 Å². The molecular weight excluding hydrogens is 232 g/mol. The van der Waals surface area contributed by atoms with Gasteiger partial charge in [0.2, 0.25) is 0 Å². The zero-order valence-corrected chi connectivity index (χ0v) is 9.92. The molecule has 1 heterocycles. The average Bonchev–Trinajstić information content (AvgIpc) is 2.52. The molecule has 0 aliphatic carbocycles. The third-order valence-corrected chi connectivity index (χ3v) is 2.79. The minimum atomic E-state index is -3.32. The van der Waals surface area contributed by atoms with Crippen LogP contribution in [-0.2, 0) is 9.53 Å². The first-order valence-corrected chi connectivity index (χ1v) is 5.86. The molecule has 6 heteroatoms. The van der Waals surface area contributed by atoms with Gasteiger partial charge in [-0.1, -0.05) is 6.92 Å². The minimum absolute atomic E-state index is 0.159. The number of carbonyl (C=O) groups is 1. The SMILES string of the molecule is CC(CO)CCCNCC1CC(F)(F)C(=O)O1. The van der Waals surface area contributed by atoms with Crippen LogP contribution in [0.25, 0.3) is 0 Å². The molecule has 4 nitrogen and oxygen atoms in total. The highest BCUT2D eigenvalue weighted by Crippen LogP contribution is 2.30. The first-order chi connectivity index (χ1) is 7.95. The summed E-state index contributed by atoms with van der Waals surface area (Å²) in [5.41, 5.74) is 0. The maximum absolute atomic E-state index is 12.8. The molecule has 0 bridgehead atoms. The van der Waals surface area contributed by atoms with E-state index in [1.165, 1.54) is 0 Å². The van der Waals surface area contributed by atoms with Crippen LogP contribution >= 0.6 is 0 Å². The van der Waals surface area contributed by atoms with Crippen molar-refractivity contribution in [1.29, 1.82) is 0 Å². The zero-order valence-electron chi connectivity index (χ0n) is 9.92. The van der Waals surface area contributed by atoms with Crippen molar-refractivity contribution in [3.05, 3.63) is 0 Å². The van der Waals surface area contributed by atoms with E-state index in [0.717, 1.165) is 12.8 Å². The van der Waals surface area contributed by atoms with Crippen molar-refractivity contribution in [3.8, 4) is 0 Å². The van der Waals surface area contributed by atoms with Gasteiger partial charge in [0.25, 0.3) is 0 Å². The molecule has 100 valence electrons. The number of nitrogens with one attached hydrogen (secondary N) is 1.